The smallest absolute Gasteiger partial charge is 0.242 e. The van der Waals surface area contributed by atoms with Crippen LogP contribution in [0.3, 0.4) is 0 Å². The summed E-state index contributed by atoms with van der Waals surface area (Å²) in [6.07, 6.45) is 7.17. The summed E-state index contributed by atoms with van der Waals surface area (Å²) in [6.45, 7) is 6.32. The molecule has 0 radical (unpaired) electrons. The lowest BCUT2D eigenvalue weighted by atomic mass is 9.96. The Labute approximate surface area is 120 Å². The molecule has 2 rings (SSSR count). The van der Waals surface area contributed by atoms with E-state index in [0.29, 0.717) is 6.04 Å². The van der Waals surface area contributed by atoms with Gasteiger partial charge in [-0.2, -0.15) is 0 Å². The number of carbonyl (C=O) groups is 1. The van der Waals surface area contributed by atoms with Crippen molar-refractivity contribution in [2.75, 3.05) is 0 Å². The van der Waals surface area contributed by atoms with E-state index in [9.17, 15) is 4.79 Å². The van der Waals surface area contributed by atoms with Crippen LogP contribution in [0.15, 0.2) is 0 Å². The van der Waals surface area contributed by atoms with Crippen molar-refractivity contribution in [2.24, 2.45) is 0 Å². The summed E-state index contributed by atoms with van der Waals surface area (Å²) in [6, 6.07) is 0.319. The minimum absolute atomic E-state index is 0.00898. The number of amides is 1. The molecule has 1 aliphatic carbocycles. The molecule has 1 fully saturated rings. The van der Waals surface area contributed by atoms with Gasteiger partial charge < -0.3 is 5.32 Å². The molecule has 1 amide bonds. The Morgan fingerprint density at radius 2 is 1.90 bits per heavy atom. The average Bonchev–Trinajstić information content (AvgIpc) is 2.66. The second-order valence-electron chi connectivity index (χ2n) is 6.67. The Balaban J connectivity index is 1.93. The van der Waals surface area contributed by atoms with Crippen molar-refractivity contribution in [3.8, 4) is 0 Å². The predicted octanol–water partition coefficient (Wildman–Crippen LogP) is 1.81. The van der Waals surface area contributed by atoms with Crippen LogP contribution < -0.4 is 5.32 Å². The molecule has 0 bridgehead atoms. The first-order valence-corrected chi connectivity index (χ1v) is 7.53. The van der Waals surface area contributed by atoms with Gasteiger partial charge in [0.1, 0.15) is 6.54 Å². The molecule has 1 saturated carbocycles. The summed E-state index contributed by atoms with van der Waals surface area (Å²) in [5, 5.41) is 14.8. The zero-order chi connectivity index (χ0) is 14.6. The molecule has 0 spiro atoms. The minimum Gasteiger partial charge on any atom is -0.352 e. The second-order valence-corrected chi connectivity index (χ2v) is 6.67. The van der Waals surface area contributed by atoms with Crippen molar-refractivity contribution in [1.29, 1.82) is 0 Å². The summed E-state index contributed by atoms with van der Waals surface area (Å²) >= 11 is 0. The lowest BCUT2D eigenvalue weighted by molar-refractivity contribution is -0.122. The van der Waals surface area contributed by atoms with Crippen LogP contribution in [0, 0.1) is 0 Å². The van der Waals surface area contributed by atoms with Crippen LogP contribution in [0.25, 0.3) is 0 Å². The normalized spacial score (nSPS) is 17.8. The molecule has 1 heterocycles. The Morgan fingerprint density at radius 3 is 2.50 bits per heavy atom. The number of carbonyl (C=O) groups excluding carboxylic acids is 1. The zero-order valence-corrected chi connectivity index (χ0v) is 12.7. The average molecular weight is 279 g/mol. The van der Waals surface area contributed by atoms with Gasteiger partial charge in [-0.15, -0.1) is 5.10 Å². The van der Waals surface area contributed by atoms with Crippen molar-refractivity contribution < 1.29 is 4.79 Å². The number of rotatable bonds is 3. The summed E-state index contributed by atoms with van der Waals surface area (Å²) in [4.78, 5) is 12.1. The predicted molar refractivity (Wildman–Crippen MR) is 76.1 cm³/mol. The van der Waals surface area contributed by atoms with Crippen LogP contribution in [0.4, 0.5) is 0 Å². The highest BCUT2D eigenvalue weighted by atomic mass is 16.2. The van der Waals surface area contributed by atoms with Gasteiger partial charge >= 0.3 is 0 Å². The third-order valence-corrected chi connectivity index (χ3v) is 3.72. The van der Waals surface area contributed by atoms with E-state index in [0.717, 1.165) is 18.7 Å². The summed E-state index contributed by atoms with van der Waals surface area (Å²) in [7, 11) is 0. The summed E-state index contributed by atoms with van der Waals surface area (Å²) in [5.41, 5.74) is -0.161. The zero-order valence-electron chi connectivity index (χ0n) is 12.7. The number of hydrogen-bond donors (Lipinski definition) is 1. The first kappa shape index (κ1) is 14.9. The Morgan fingerprint density at radius 1 is 1.25 bits per heavy atom. The van der Waals surface area contributed by atoms with Crippen molar-refractivity contribution in [3.63, 3.8) is 0 Å². The fourth-order valence-electron chi connectivity index (χ4n) is 2.68. The largest absolute Gasteiger partial charge is 0.352 e. The van der Waals surface area contributed by atoms with E-state index in [-0.39, 0.29) is 17.9 Å². The molecule has 20 heavy (non-hydrogen) atoms. The maximum Gasteiger partial charge on any atom is 0.242 e. The Kier molecular flexibility index (Phi) is 4.73. The molecular formula is C14H25N5O. The standard InChI is InChI=1S/C14H25N5O/c1-14(2,3)13-16-17-18-19(13)10-12(20)15-11-8-6-4-5-7-9-11/h11H,4-10H2,1-3H3,(H,15,20). The minimum atomic E-state index is -0.161. The number of hydrogen-bond acceptors (Lipinski definition) is 4. The van der Waals surface area contributed by atoms with Gasteiger partial charge in [-0.25, -0.2) is 4.68 Å². The van der Waals surface area contributed by atoms with Gasteiger partial charge in [0.15, 0.2) is 5.82 Å². The van der Waals surface area contributed by atoms with E-state index in [1.165, 1.54) is 25.7 Å². The van der Waals surface area contributed by atoms with Crippen molar-refractivity contribution in [2.45, 2.75) is 77.3 Å². The first-order chi connectivity index (χ1) is 9.47. The summed E-state index contributed by atoms with van der Waals surface area (Å²) < 4.78 is 1.60. The van der Waals surface area contributed by atoms with Gasteiger partial charge in [-0.3, -0.25) is 4.79 Å². The van der Waals surface area contributed by atoms with Crippen molar-refractivity contribution in [1.82, 2.24) is 25.5 Å². The molecule has 0 aromatic carbocycles. The Bertz CT molecular complexity index is 441. The maximum atomic E-state index is 12.1. The third kappa shape index (κ3) is 4.02. The number of tetrazole rings is 1. The molecule has 6 nitrogen and oxygen atoms in total. The highest BCUT2D eigenvalue weighted by molar-refractivity contribution is 5.76. The van der Waals surface area contributed by atoms with Crippen LogP contribution in [-0.2, 0) is 16.8 Å². The highest BCUT2D eigenvalue weighted by Crippen LogP contribution is 2.19. The molecule has 1 aromatic rings. The van der Waals surface area contributed by atoms with Crippen LogP contribution >= 0.6 is 0 Å². The second kappa shape index (κ2) is 6.33. The maximum absolute atomic E-state index is 12.1. The number of nitrogens with one attached hydrogen (secondary N) is 1. The fourth-order valence-corrected chi connectivity index (χ4v) is 2.68. The van der Waals surface area contributed by atoms with Crippen LogP contribution in [0.5, 0.6) is 0 Å². The molecular weight excluding hydrogens is 254 g/mol. The quantitative estimate of drug-likeness (QED) is 0.856. The van der Waals surface area contributed by atoms with E-state index in [4.69, 9.17) is 0 Å². The summed E-state index contributed by atoms with van der Waals surface area (Å²) in [5.74, 6) is 0.753. The molecule has 0 atom stereocenters. The number of nitrogens with zero attached hydrogens (tertiary/aromatic N) is 4. The van der Waals surface area contributed by atoms with Gasteiger partial charge in [-0.1, -0.05) is 46.5 Å². The van der Waals surface area contributed by atoms with E-state index in [1.807, 2.05) is 20.8 Å². The van der Waals surface area contributed by atoms with Gasteiger partial charge in [0.05, 0.1) is 0 Å². The number of aromatic nitrogens is 4. The van der Waals surface area contributed by atoms with E-state index in [2.05, 4.69) is 20.8 Å². The Hall–Kier alpha value is -1.46. The topological polar surface area (TPSA) is 72.7 Å². The van der Waals surface area contributed by atoms with Crippen LogP contribution in [0.1, 0.15) is 65.1 Å². The lowest BCUT2D eigenvalue weighted by Crippen LogP contribution is -2.37. The van der Waals surface area contributed by atoms with Crippen LogP contribution in [0.2, 0.25) is 0 Å². The first-order valence-electron chi connectivity index (χ1n) is 7.53. The van der Waals surface area contributed by atoms with Gasteiger partial charge in [0.2, 0.25) is 5.91 Å². The molecule has 1 N–H and O–H groups in total. The molecule has 0 unspecified atom stereocenters. The van der Waals surface area contributed by atoms with Gasteiger partial charge in [0.25, 0.3) is 0 Å². The van der Waals surface area contributed by atoms with Gasteiger partial charge in [0, 0.05) is 11.5 Å². The lowest BCUT2D eigenvalue weighted by Gasteiger charge is -2.19. The van der Waals surface area contributed by atoms with E-state index < -0.39 is 0 Å². The fraction of sp³-hybridized carbons (Fsp3) is 0.857. The molecule has 112 valence electrons. The van der Waals surface area contributed by atoms with E-state index in [1.54, 1.807) is 4.68 Å². The molecule has 6 heteroatoms. The highest BCUT2D eigenvalue weighted by Gasteiger charge is 2.23. The van der Waals surface area contributed by atoms with E-state index >= 15 is 0 Å². The van der Waals surface area contributed by atoms with Crippen molar-refractivity contribution in [3.05, 3.63) is 5.82 Å². The van der Waals surface area contributed by atoms with Crippen molar-refractivity contribution >= 4 is 5.91 Å². The molecule has 0 saturated heterocycles. The molecule has 1 aromatic heterocycles. The SMILES string of the molecule is CC(C)(C)c1nnnn1CC(=O)NC1CCCCCC1. The monoisotopic (exact) mass is 279 g/mol. The van der Waals surface area contributed by atoms with Crippen LogP contribution in [-0.4, -0.2) is 32.2 Å². The van der Waals surface area contributed by atoms with Gasteiger partial charge in [-0.05, 0) is 23.3 Å². The third-order valence-electron chi connectivity index (χ3n) is 3.72. The molecule has 1 aliphatic rings. The molecule has 0 aliphatic heterocycles.